The number of piperidine rings is 1. The molecule has 2 heteroatoms. The molecule has 1 saturated heterocycles. The van der Waals surface area contributed by atoms with Gasteiger partial charge in [0.2, 0.25) is 0 Å². The van der Waals surface area contributed by atoms with Crippen molar-refractivity contribution in [3.8, 4) is 0 Å². The van der Waals surface area contributed by atoms with Gasteiger partial charge in [0, 0.05) is 0 Å². The van der Waals surface area contributed by atoms with Gasteiger partial charge in [0.05, 0.1) is 0 Å². The van der Waals surface area contributed by atoms with E-state index in [1.807, 2.05) is 0 Å². The van der Waals surface area contributed by atoms with Gasteiger partial charge in [-0.05, 0) is 49.2 Å². The van der Waals surface area contributed by atoms with Crippen molar-refractivity contribution in [1.82, 2.24) is 5.32 Å². The number of nitrogens with one attached hydrogen (secondary N) is 1. The van der Waals surface area contributed by atoms with Crippen LogP contribution in [0, 0.1) is 5.41 Å². The lowest BCUT2D eigenvalue weighted by molar-refractivity contribution is 0.342. The minimum atomic E-state index is 0.681. The van der Waals surface area contributed by atoms with E-state index in [-0.39, 0.29) is 0 Å². The summed E-state index contributed by atoms with van der Waals surface area (Å²) in [6.07, 6.45) is 4.19. The molecule has 2 aliphatic rings. The highest BCUT2D eigenvalue weighted by molar-refractivity contribution is 6.32. The highest BCUT2D eigenvalue weighted by atomic mass is 14.9. The lowest BCUT2D eigenvalue weighted by Crippen LogP contribution is -2.29. The second-order valence-electron chi connectivity index (χ2n) is 5.28. The van der Waals surface area contributed by atoms with E-state index in [1.54, 1.807) is 5.56 Å². The summed E-state index contributed by atoms with van der Waals surface area (Å²) in [4.78, 5) is 0. The fourth-order valence-electron chi connectivity index (χ4n) is 3.10. The Morgan fingerprint density at radius 3 is 2.47 bits per heavy atom. The molecule has 1 N–H and O–H groups in total. The molecular weight excluding hydrogens is 181 g/mol. The lowest BCUT2D eigenvalue weighted by Gasteiger charge is -2.23. The lowest BCUT2D eigenvalue weighted by atomic mass is 9.88. The molecule has 3 rings (SSSR count). The SMILES string of the molecule is Bc1ccc([C@H]2CC23CCNCC3)cc1. The van der Waals surface area contributed by atoms with Crippen LogP contribution in [0.2, 0.25) is 0 Å². The van der Waals surface area contributed by atoms with Gasteiger partial charge >= 0.3 is 0 Å². The van der Waals surface area contributed by atoms with E-state index in [9.17, 15) is 0 Å². The van der Waals surface area contributed by atoms with Crippen LogP contribution in [-0.4, -0.2) is 20.9 Å². The van der Waals surface area contributed by atoms with Crippen LogP contribution in [-0.2, 0) is 0 Å². The molecule has 1 aliphatic carbocycles. The largest absolute Gasteiger partial charge is 0.317 e. The van der Waals surface area contributed by atoms with Gasteiger partial charge in [0.25, 0.3) is 0 Å². The van der Waals surface area contributed by atoms with Crippen molar-refractivity contribution in [3.63, 3.8) is 0 Å². The summed E-state index contributed by atoms with van der Waals surface area (Å²) in [6, 6.07) is 9.17. The highest BCUT2D eigenvalue weighted by Crippen LogP contribution is 2.64. The summed E-state index contributed by atoms with van der Waals surface area (Å²) < 4.78 is 0. The van der Waals surface area contributed by atoms with Gasteiger partial charge in [-0.1, -0.05) is 29.7 Å². The summed E-state index contributed by atoms with van der Waals surface area (Å²) in [5, 5.41) is 3.46. The van der Waals surface area contributed by atoms with E-state index in [2.05, 4.69) is 37.4 Å². The Kier molecular flexibility index (Phi) is 2.13. The molecule has 1 spiro atoms. The fourth-order valence-corrected chi connectivity index (χ4v) is 3.10. The van der Waals surface area contributed by atoms with E-state index >= 15 is 0 Å². The third kappa shape index (κ3) is 1.61. The Labute approximate surface area is 92.7 Å². The molecule has 0 aromatic heterocycles. The van der Waals surface area contributed by atoms with Crippen LogP contribution in [0.1, 0.15) is 30.7 Å². The number of hydrogen-bond acceptors (Lipinski definition) is 1. The fraction of sp³-hybridized carbons (Fsp3) is 0.538. The van der Waals surface area contributed by atoms with Crippen LogP contribution in [0.4, 0.5) is 0 Å². The van der Waals surface area contributed by atoms with Crippen LogP contribution >= 0.6 is 0 Å². The average Bonchev–Trinajstić information content (AvgIpc) is 2.94. The predicted molar refractivity (Wildman–Crippen MR) is 66.5 cm³/mol. The summed E-state index contributed by atoms with van der Waals surface area (Å²) in [7, 11) is 2.16. The molecule has 78 valence electrons. The first kappa shape index (κ1) is 9.47. The van der Waals surface area contributed by atoms with E-state index in [1.165, 1.54) is 37.8 Å². The van der Waals surface area contributed by atoms with Crippen LogP contribution in [0.5, 0.6) is 0 Å². The van der Waals surface area contributed by atoms with Crippen molar-refractivity contribution < 1.29 is 0 Å². The van der Waals surface area contributed by atoms with Gasteiger partial charge in [-0.25, -0.2) is 0 Å². The van der Waals surface area contributed by atoms with E-state index in [0.29, 0.717) is 5.41 Å². The Balaban J connectivity index is 1.77. The zero-order valence-electron chi connectivity index (χ0n) is 9.42. The van der Waals surface area contributed by atoms with Crippen molar-refractivity contribution in [2.75, 3.05) is 13.1 Å². The molecule has 2 fully saturated rings. The summed E-state index contributed by atoms with van der Waals surface area (Å²) >= 11 is 0. The summed E-state index contributed by atoms with van der Waals surface area (Å²) in [6.45, 7) is 2.45. The molecule has 0 radical (unpaired) electrons. The second kappa shape index (κ2) is 3.38. The van der Waals surface area contributed by atoms with Gasteiger partial charge in [0.1, 0.15) is 7.85 Å². The monoisotopic (exact) mass is 199 g/mol. The van der Waals surface area contributed by atoms with Crippen molar-refractivity contribution in [3.05, 3.63) is 29.8 Å². The quantitative estimate of drug-likeness (QED) is 0.660. The third-order valence-corrected chi connectivity index (χ3v) is 4.27. The maximum Gasteiger partial charge on any atom is 0.139 e. The zero-order chi connectivity index (χ0) is 10.3. The average molecular weight is 199 g/mol. The number of hydrogen-bond donors (Lipinski definition) is 1. The molecule has 1 saturated carbocycles. The Morgan fingerprint density at radius 2 is 1.80 bits per heavy atom. The molecule has 0 bridgehead atoms. The minimum absolute atomic E-state index is 0.681. The van der Waals surface area contributed by atoms with Crippen LogP contribution in [0.25, 0.3) is 0 Å². The molecule has 1 nitrogen and oxygen atoms in total. The van der Waals surface area contributed by atoms with E-state index < -0.39 is 0 Å². The molecule has 1 aliphatic heterocycles. The zero-order valence-corrected chi connectivity index (χ0v) is 9.42. The molecule has 15 heavy (non-hydrogen) atoms. The van der Waals surface area contributed by atoms with Crippen molar-refractivity contribution in [2.24, 2.45) is 5.41 Å². The molecule has 0 amide bonds. The normalized spacial score (nSPS) is 27.9. The molecule has 1 atom stereocenters. The second-order valence-corrected chi connectivity index (χ2v) is 5.28. The van der Waals surface area contributed by atoms with Gasteiger partial charge < -0.3 is 5.32 Å². The Bertz CT molecular complexity index is 351. The first-order valence-corrected chi connectivity index (χ1v) is 6.07. The smallest absolute Gasteiger partial charge is 0.139 e. The predicted octanol–water partition coefficient (Wildman–Crippen LogP) is 0.802. The Morgan fingerprint density at radius 1 is 1.13 bits per heavy atom. The van der Waals surface area contributed by atoms with E-state index in [0.717, 1.165) is 5.92 Å². The molecule has 1 aromatic rings. The van der Waals surface area contributed by atoms with Gasteiger partial charge in [-0.15, -0.1) is 0 Å². The summed E-state index contributed by atoms with van der Waals surface area (Å²) in [5.41, 5.74) is 3.63. The molecular formula is C13H18BN. The first-order chi connectivity index (χ1) is 7.30. The molecule has 1 aromatic carbocycles. The Hall–Kier alpha value is -0.755. The van der Waals surface area contributed by atoms with Crippen molar-refractivity contribution in [1.29, 1.82) is 0 Å². The van der Waals surface area contributed by atoms with Crippen LogP contribution in [0.3, 0.4) is 0 Å². The van der Waals surface area contributed by atoms with Crippen molar-refractivity contribution >= 4 is 13.3 Å². The third-order valence-electron chi connectivity index (χ3n) is 4.27. The highest BCUT2D eigenvalue weighted by Gasteiger charge is 2.54. The topological polar surface area (TPSA) is 12.0 Å². The van der Waals surface area contributed by atoms with Crippen molar-refractivity contribution in [2.45, 2.75) is 25.2 Å². The molecule has 1 heterocycles. The standard InChI is InChI=1S/C13H18BN/c14-11-3-1-10(2-4-11)12-9-13(12)5-7-15-8-6-13/h1-4,12,15H,5-9,14H2/t12-/m1/s1. The van der Waals surface area contributed by atoms with Gasteiger partial charge in [-0.2, -0.15) is 0 Å². The number of rotatable bonds is 1. The minimum Gasteiger partial charge on any atom is -0.317 e. The first-order valence-electron chi connectivity index (χ1n) is 6.07. The van der Waals surface area contributed by atoms with Gasteiger partial charge in [0.15, 0.2) is 0 Å². The van der Waals surface area contributed by atoms with Crippen LogP contribution < -0.4 is 10.8 Å². The molecule has 0 unspecified atom stereocenters. The van der Waals surface area contributed by atoms with Gasteiger partial charge in [-0.3, -0.25) is 0 Å². The maximum atomic E-state index is 3.46. The maximum absolute atomic E-state index is 3.46. The van der Waals surface area contributed by atoms with Crippen LogP contribution in [0.15, 0.2) is 24.3 Å². The van der Waals surface area contributed by atoms with E-state index in [4.69, 9.17) is 0 Å². The summed E-state index contributed by atoms with van der Waals surface area (Å²) in [5.74, 6) is 0.861. The number of benzene rings is 1.